The van der Waals surface area contributed by atoms with Gasteiger partial charge in [-0.25, -0.2) is 4.79 Å². The van der Waals surface area contributed by atoms with Crippen LogP contribution in [-0.2, 0) is 17.8 Å². The van der Waals surface area contributed by atoms with E-state index in [4.69, 9.17) is 0 Å². The van der Waals surface area contributed by atoms with Gasteiger partial charge in [-0.2, -0.15) is 0 Å². The van der Waals surface area contributed by atoms with E-state index in [0.717, 1.165) is 43.2 Å². The van der Waals surface area contributed by atoms with E-state index in [2.05, 4.69) is 34.0 Å². The van der Waals surface area contributed by atoms with E-state index in [-0.39, 0.29) is 23.4 Å². The number of non-ortho nitro benzene ring substituents is 1. The van der Waals surface area contributed by atoms with Crippen LogP contribution in [0.4, 0.5) is 5.69 Å². The Morgan fingerprint density at radius 2 is 1.84 bits per heavy atom. The fourth-order valence-corrected chi connectivity index (χ4v) is 3.82. The molecular weight excluding hydrogens is 398 g/mol. The molecule has 0 aliphatic carbocycles. The molecule has 8 heteroatoms. The zero-order valence-corrected chi connectivity index (χ0v) is 17.8. The number of esters is 1. The van der Waals surface area contributed by atoms with Gasteiger partial charge in [0, 0.05) is 37.3 Å². The molecule has 1 saturated heterocycles. The molecule has 0 saturated carbocycles. The topological polar surface area (TPSA) is 102 Å². The van der Waals surface area contributed by atoms with Gasteiger partial charge in [0.2, 0.25) is 0 Å². The minimum absolute atomic E-state index is 0.0328. The van der Waals surface area contributed by atoms with Gasteiger partial charge in [-0.3, -0.25) is 19.8 Å². The molecule has 31 heavy (non-hydrogen) atoms. The second-order valence-electron chi connectivity index (χ2n) is 8.00. The summed E-state index contributed by atoms with van der Waals surface area (Å²) in [6.07, 6.45) is 2.53. The first-order valence-corrected chi connectivity index (χ1v) is 10.3. The predicted octanol–water partition coefficient (Wildman–Crippen LogP) is 3.54. The van der Waals surface area contributed by atoms with Crippen LogP contribution in [0.15, 0.2) is 42.5 Å². The Morgan fingerprint density at radius 1 is 1.16 bits per heavy atom. The number of nitro benzene ring substituents is 1. The van der Waals surface area contributed by atoms with Crippen LogP contribution in [0.1, 0.15) is 51.6 Å². The molecule has 0 spiro atoms. The van der Waals surface area contributed by atoms with Crippen molar-refractivity contribution in [3.05, 3.63) is 74.8 Å². The number of nitrogens with one attached hydrogen (secondary N) is 1. The Kier molecular flexibility index (Phi) is 7.36. The second-order valence-corrected chi connectivity index (χ2v) is 8.00. The largest absolute Gasteiger partial charge is 0.465 e. The van der Waals surface area contributed by atoms with Gasteiger partial charge in [0.05, 0.1) is 17.6 Å². The molecule has 1 unspecified atom stereocenters. The average molecular weight is 425 g/mol. The maximum atomic E-state index is 12.5. The lowest BCUT2D eigenvalue weighted by Gasteiger charge is -2.30. The van der Waals surface area contributed by atoms with E-state index in [0.29, 0.717) is 0 Å². The van der Waals surface area contributed by atoms with Crippen LogP contribution in [0.25, 0.3) is 0 Å². The highest BCUT2D eigenvalue weighted by Gasteiger charge is 2.19. The van der Waals surface area contributed by atoms with Crippen LogP contribution in [0.2, 0.25) is 0 Å². The number of nitro groups is 1. The molecule has 1 aliphatic heterocycles. The molecule has 1 aliphatic rings. The average Bonchev–Trinajstić information content (AvgIpc) is 2.77. The quantitative estimate of drug-likeness (QED) is 0.414. The number of amides is 1. The van der Waals surface area contributed by atoms with Crippen LogP contribution >= 0.6 is 0 Å². The number of carbonyl (C=O) groups excluding carboxylic acids is 2. The van der Waals surface area contributed by atoms with Crippen molar-refractivity contribution in [2.24, 2.45) is 5.92 Å². The number of nitrogens with zero attached hydrogens (tertiary/aromatic N) is 2. The number of carbonyl (C=O) groups is 2. The summed E-state index contributed by atoms with van der Waals surface area (Å²) in [4.78, 5) is 37.2. The summed E-state index contributed by atoms with van der Waals surface area (Å²) in [6, 6.07) is 11.6. The zero-order chi connectivity index (χ0) is 22.4. The van der Waals surface area contributed by atoms with Crippen molar-refractivity contribution >= 4 is 17.6 Å². The van der Waals surface area contributed by atoms with E-state index < -0.39 is 16.8 Å². The normalized spacial score (nSPS) is 16.5. The van der Waals surface area contributed by atoms with Gasteiger partial charge >= 0.3 is 5.97 Å². The summed E-state index contributed by atoms with van der Waals surface area (Å²) >= 11 is 0. The second kappa shape index (κ2) is 10.2. The number of benzene rings is 2. The first-order chi connectivity index (χ1) is 14.9. The number of likely N-dealkylation sites (tertiary alicyclic amines) is 1. The van der Waals surface area contributed by atoms with Crippen molar-refractivity contribution in [2.45, 2.75) is 32.9 Å². The molecular formula is C23H27N3O5. The van der Waals surface area contributed by atoms with Gasteiger partial charge in [-0.15, -0.1) is 0 Å². The third kappa shape index (κ3) is 6.11. The maximum absolute atomic E-state index is 12.5. The summed E-state index contributed by atoms with van der Waals surface area (Å²) in [5, 5.41) is 13.9. The monoisotopic (exact) mass is 425 g/mol. The highest BCUT2D eigenvalue weighted by molar-refractivity contribution is 5.98. The first-order valence-electron chi connectivity index (χ1n) is 10.3. The lowest BCUT2D eigenvalue weighted by Crippen LogP contribution is -2.33. The van der Waals surface area contributed by atoms with Crippen molar-refractivity contribution in [1.29, 1.82) is 0 Å². The number of hydrogen-bond donors (Lipinski definition) is 1. The highest BCUT2D eigenvalue weighted by atomic mass is 16.6. The smallest absolute Gasteiger partial charge is 0.338 e. The lowest BCUT2D eigenvalue weighted by atomic mass is 9.99. The Labute approximate surface area is 181 Å². The molecule has 1 N–H and O–H groups in total. The molecule has 0 radical (unpaired) electrons. The first kappa shape index (κ1) is 22.4. The summed E-state index contributed by atoms with van der Waals surface area (Å²) in [6.45, 7) is 5.72. The van der Waals surface area contributed by atoms with Gasteiger partial charge in [-0.05, 0) is 42.5 Å². The van der Waals surface area contributed by atoms with E-state index >= 15 is 0 Å². The van der Waals surface area contributed by atoms with E-state index in [1.165, 1.54) is 31.6 Å². The minimum atomic E-state index is -0.739. The third-order valence-electron chi connectivity index (χ3n) is 5.44. The minimum Gasteiger partial charge on any atom is -0.465 e. The fourth-order valence-electron chi connectivity index (χ4n) is 3.82. The molecule has 8 nitrogen and oxygen atoms in total. The SMILES string of the molecule is COC(=O)c1cc(C(=O)NCc2ccc(CN3CCCC(C)C3)cc2)cc([N+](=O)[O-])c1. The van der Waals surface area contributed by atoms with Gasteiger partial charge in [0.1, 0.15) is 0 Å². The molecule has 1 atom stereocenters. The number of methoxy groups -OCH3 is 1. The molecule has 0 aromatic heterocycles. The summed E-state index contributed by atoms with van der Waals surface area (Å²) in [5.74, 6) is -0.506. The molecule has 1 amide bonds. The van der Waals surface area contributed by atoms with E-state index in [9.17, 15) is 19.7 Å². The Bertz CT molecular complexity index is 958. The molecule has 1 fully saturated rings. The van der Waals surface area contributed by atoms with E-state index in [1.54, 1.807) is 0 Å². The van der Waals surface area contributed by atoms with Crippen molar-refractivity contribution in [3.8, 4) is 0 Å². The molecule has 1 heterocycles. The van der Waals surface area contributed by atoms with Gasteiger partial charge in [0.25, 0.3) is 11.6 Å². The van der Waals surface area contributed by atoms with Crippen LogP contribution in [0.5, 0.6) is 0 Å². The van der Waals surface area contributed by atoms with Gasteiger partial charge < -0.3 is 10.1 Å². The van der Waals surface area contributed by atoms with Crippen molar-refractivity contribution in [2.75, 3.05) is 20.2 Å². The highest BCUT2D eigenvalue weighted by Crippen LogP contribution is 2.19. The van der Waals surface area contributed by atoms with Crippen molar-refractivity contribution in [3.63, 3.8) is 0 Å². The lowest BCUT2D eigenvalue weighted by molar-refractivity contribution is -0.384. The van der Waals surface area contributed by atoms with Gasteiger partial charge in [0.15, 0.2) is 0 Å². The Balaban J connectivity index is 1.62. The standard InChI is InChI=1S/C23H27N3O5/c1-16-4-3-9-25(14-16)15-18-7-5-17(6-8-18)13-24-22(27)19-10-20(23(28)31-2)12-21(11-19)26(29)30/h5-8,10-12,16H,3-4,9,13-15H2,1-2H3,(H,24,27). The summed E-state index contributed by atoms with van der Waals surface area (Å²) in [5.41, 5.74) is 1.79. The molecule has 164 valence electrons. The summed E-state index contributed by atoms with van der Waals surface area (Å²) in [7, 11) is 1.18. The number of rotatable bonds is 7. The third-order valence-corrected chi connectivity index (χ3v) is 5.44. The Morgan fingerprint density at radius 3 is 2.48 bits per heavy atom. The van der Waals surface area contributed by atoms with Gasteiger partial charge in [-0.1, -0.05) is 31.2 Å². The van der Waals surface area contributed by atoms with Crippen LogP contribution < -0.4 is 5.32 Å². The van der Waals surface area contributed by atoms with Crippen molar-refractivity contribution < 1.29 is 19.2 Å². The zero-order valence-electron chi connectivity index (χ0n) is 17.8. The molecule has 2 aromatic rings. The molecule has 0 bridgehead atoms. The van der Waals surface area contributed by atoms with Crippen LogP contribution in [0, 0.1) is 16.0 Å². The molecule has 2 aromatic carbocycles. The maximum Gasteiger partial charge on any atom is 0.338 e. The Hall–Kier alpha value is -3.26. The number of hydrogen-bond acceptors (Lipinski definition) is 6. The van der Waals surface area contributed by atoms with E-state index in [1.807, 2.05) is 12.1 Å². The summed E-state index contributed by atoms with van der Waals surface area (Å²) < 4.78 is 4.61. The fraction of sp³-hybridized carbons (Fsp3) is 0.391. The predicted molar refractivity (Wildman–Crippen MR) is 116 cm³/mol. The van der Waals surface area contributed by atoms with Crippen LogP contribution in [0.3, 0.4) is 0 Å². The number of piperidine rings is 1. The number of ether oxygens (including phenoxy) is 1. The van der Waals surface area contributed by atoms with Crippen LogP contribution in [-0.4, -0.2) is 41.9 Å². The van der Waals surface area contributed by atoms with Crippen molar-refractivity contribution in [1.82, 2.24) is 10.2 Å². The molecule has 3 rings (SSSR count).